The number of ketones is 1. The topological polar surface area (TPSA) is 43.4 Å². The van der Waals surface area contributed by atoms with E-state index in [4.69, 9.17) is 4.74 Å². The number of rotatable bonds is 0. The van der Waals surface area contributed by atoms with E-state index < -0.39 is 0 Å². The van der Waals surface area contributed by atoms with Crippen LogP contribution in [0.5, 0.6) is 0 Å². The Balaban J connectivity index is 1.44. The van der Waals surface area contributed by atoms with E-state index in [9.17, 15) is 9.59 Å². The van der Waals surface area contributed by atoms with Crippen molar-refractivity contribution in [3.8, 4) is 0 Å². The first-order valence-electron chi connectivity index (χ1n) is 10.5. The molecule has 0 radical (unpaired) electrons. The van der Waals surface area contributed by atoms with Gasteiger partial charge in [0.15, 0.2) is 5.78 Å². The lowest BCUT2D eigenvalue weighted by Crippen LogP contribution is -2.56. The van der Waals surface area contributed by atoms with Crippen molar-refractivity contribution in [2.45, 2.75) is 64.4 Å². The first-order chi connectivity index (χ1) is 12.4. The standard InChI is InChI=1S/C23H28O3/c1-21-8-5-14(24)11-13(21)3-4-15-17(21)6-9-22(2)20(15)16-12-18(16)23(22)10-7-19(25)26-23/h3-4,11,15-18,20H,5-10,12H2,1-2H3/t15-,16+,17?,18?,20?,21+,22+,23+/m1/s1. The minimum absolute atomic E-state index is 0.0295. The molecule has 138 valence electrons. The van der Waals surface area contributed by atoms with Crippen molar-refractivity contribution >= 4 is 11.8 Å². The fourth-order valence-corrected chi connectivity index (χ4v) is 8.36. The molecule has 0 amide bonds. The molecule has 0 aromatic heterocycles. The van der Waals surface area contributed by atoms with Crippen molar-refractivity contribution in [1.29, 1.82) is 0 Å². The number of allylic oxidation sites excluding steroid dienone is 4. The average Bonchev–Trinajstić information content (AvgIpc) is 3.24. The molecule has 0 bridgehead atoms. The molecule has 1 spiro atoms. The molecule has 1 saturated heterocycles. The summed E-state index contributed by atoms with van der Waals surface area (Å²) >= 11 is 0. The number of fused-ring (bicyclic) bond motifs is 9. The van der Waals surface area contributed by atoms with Crippen LogP contribution in [0.4, 0.5) is 0 Å². The van der Waals surface area contributed by atoms with Crippen molar-refractivity contribution in [3.05, 3.63) is 23.8 Å². The zero-order valence-corrected chi connectivity index (χ0v) is 15.8. The molecule has 6 rings (SSSR count). The van der Waals surface area contributed by atoms with E-state index >= 15 is 0 Å². The highest BCUT2D eigenvalue weighted by Gasteiger charge is 2.78. The largest absolute Gasteiger partial charge is 0.458 e. The van der Waals surface area contributed by atoms with E-state index in [1.807, 2.05) is 6.08 Å². The van der Waals surface area contributed by atoms with E-state index in [0.29, 0.717) is 42.3 Å². The van der Waals surface area contributed by atoms with Crippen LogP contribution < -0.4 is 0 Å². The number of hydrogen-bond donors (Lipinski definition) is 0. The van der Waals surface area contributed by atoms with Crippen molar-refractivity contribution in [2.75, 3.05) is 0 Å². The summed E-state index contributed by atoms with van der Waals surface area (Å²) in [4.78, 5) is 24.0. The SMILES string of the molecule is C[C@]12CCC(=O)C=C1C=C[C@@H]1C2CC[C@@]2(C)C1[C@H]1CC1[C@@]21CCC(=O)O1. The summed E-state index contributed by atoms with van der Waals surface area (Å²) in [5.74, 6) is 3.53. The van der Waals surface area contributed by atoms with Crippen molar-refractivity contribution in [2.24, 2.45) is 40.4 Å². The van der Waals surface area contributed by atoms with E-state index in [2.05, 4.69) is 26.0 Å². The number of carbonyl (C=O) groups excluding carboxylic acids is 2. The Morgan fingerprint density at radius 1 is 1.08 bits per heavy atom. The van der Waals surface area contributed by atoms with Gasteiger partial charge in [0.05, 0.1) is 0 Å². The lowest BCUT2D eigenvalue weighted by molar-refractivity contribution is -0.172. The first kappa shape index (κ1) is 15.7. The first-order valence-corrected chi connectivity index (χ1v) is 10.5. The van der Waals surface area contributed by atoms with Crippen LogP contribution in [0.2, 0.25) is 0 Å². The van der Waals surface area contributed by atoms with Gasteiger partial charge in [-0.3, -0.25) is 9.59 Å². The lowest BCUT2D eigenvalue weighted by Gasteiger charge is -2.58. The highest BCUT2D eigenvalue weighted by Crippen LogP contribution is 2.78. The van der Waals surface area contributed by atoms with Gasteiger partial charge in [0.25, 0.3) is 0 Å². The molecule has 0 aromatic rings. The maximum Gasteiger partial charge on any atom is 0.306 e. The third kappa shape index (κ3) is 1.59. The monoisotopic (exact) mass is 352 g/mol. The van der Waals surface area contributed by atoms with E-state index in [-0.39, 0.29) is 22.4 Å². The number of esters is 1. The molecule has 3 saturated carbocycles. The van der Waals surface area contributed by atoms with E-state index in [1.165, 1.54) is 24.8 Å². The van der Waals surface area contributed by atoms with Gasteiger partial charge in [0.1, 0.15) is 5.60 Å². The minimum Gasteiger partial charge on any atom is -0.458 e. The van der Waals surface area contributed by atoms with Gasteiger partial charge in [0.2, 0.25) is 0 Å². The molecule has 1 aliphatic heterocycles. The van der Waals surface area contributed by atoms with Crippen LogP contribution >= 0.6 is 0 Å². The summed E-state index contributed by atoms with van der Waals surface area (Å²) < 4.78 is 6.14. The van der Waals surface area contributed by atoms with Gasteiger partial charge < -0.3 is 4.74 Å². The van der Waals surface area contributed by atoms with E-state index in [0.717, 1.165) is 18.8 Å². The maximum atomic E-state index is 12.1. The predicted octanol–water partition coefficient (Wildman–Crippen LogP) is 4.23. The molecular weight excluding hydrogens is 324 g/mol. The van der Waals surface area contributed by atoms with Crippen molar-refractivity contribution < 1.29 is 14.3 Å². The molecule has 1 heterocycles. The fraction of sp³-hybridized carbons (Fsp3) is 0.739. The lowest BCUT2D eigenvalue weighted by atomic mass is 9.47. The maximum absolute atomic E-state index is 12.1. The van der Waals surface area contributed by atoms with Gasteiger partial charge in [-0.1, -0.05) is 26.0 Å². The fourth-order valence-electron chi connectivity index (χ4n) is 8.36. The second-order valence-corrected chi connectivity index (χ2v) is 10.4. The molecule has 3 nitrogen and oxygen atoms in total. The van der Waals surface area contributed by atoms with Gasteiger partial charge in [-0.2, -0.15) is 0 Å². The van der Waals surface area contributed by atoms with Crippen LogP contribution in [0.15, 0.2) is 23.8 Å². The zero-order valence-electron chi connectivity index (χ0n) is 15.8. The Bertz CT molecular complexity index is 793. The molecule has 3 unspecified atom stereocenters. The summed E-state index contributed by atoms with van der Waals surface area (Å²) in [6.07, 6.45) is 13.5. The Morgan fingerprint density at radius 2 is 1.92 bits per heavy atom. The van der Waals surface area contributed by atoms with Gasteiger partial charge >= 0.3 is 5.97 Å². The highest BCUT2D eigenvalue weighted by atomic mass is 16.6. The summed E-state index contributed by atoms with van der Waals surface area (Å²) in [6.45, 7) is 4.84. The number of carbonyl (C=O) groups is 2. The van der Waals surface area contributed by atoms with Gasteiger partial charge in [-0.15, -0.1) is 0 Å². The Morgan fingerprint density at radius 3 is 2.69 bits per heavy atom. The second-order valence-electron chi connectivity index (χ2n) is 10.4. The molecule has 26 heavy (non-hydrogen) atoms. The molecule has 6 aliphatic rings. The third-order valence-electron chi connectivity index (χ3n) is 9.64. The zero-order chi connectivity index (χ0) is 17.9. The molecule has 0 N–H and O–H groups in total. The normalized spacial score (nSPS) is 56.4. The van der Waals surface area contributed by atoms with Crippen LogP contribution in [-0.2, 0) is 14.3 Å². The van der Waals surface area contributed by atoms with Crippen molar-refractivity contribution in [1.82, 2.24) is 0 Å². The molecule has 3 heteroatoms. The second kappa shape index (κ2) is 4.54. The Hall–Kier alpha value is -1.38. The number of hydrogen-bond acceptors (Lipinski definition) is 3. The van der Waals surface area contributed by atoms with Gasteiger partial charge in [-0.05, 0) is 72.8 Å². The number of ether oxygens (including phenoxy) is 1. The summed E-state index contributed by atoms with van der Waals surface area (Å²) in [5.41, 5.74) is 1.39. The van der Waals surface area contributed by atoms with Gasteiger partial charge in [-0.25, -0.2) is 0 Å². The van der Waals surface area contributed by atoms with Crippen LogP contribution in [0.1, 0.15) is 58.8 Å². The Labute approximate surface area is 155 Å². The average molecular weight is 352 g/mol. The van der Waals surface area contributed by atoms with Crippen LogP contribution in [0.25, 0.3) is 0 Å². The van der Waals surface area contributed by atoms with Gasteiger partial charge in [0, 0.05) is 24.2 Å². The van der Waals surface area contributed by atoms with Crippen LogP contribution in [-0.4, -0.2) is 17.4 Å². The molecule has 8 atom stereocenters. The predicted molar refractivity (Wildman–Crippen MR) is 97.0 cm³/mol. The van der Waals surface area contributed by atoms with Crippen molar-refractivity contribution in [3.63, 3.8) is 0 Å². The summed E-state index contributed by atoms with van der Waals surface area (Å²) in [6, 6.07) is 0. The molecule has 4 fully saturated rings. The molecule has 5 aliphatic carbocycles. The summed E-state index contributed by atoms with van der Waals surface area (Å²) in [7, 11) is 0. The molecular formula is C23H28O3. The Kier molecular flexibility index (Phi) is 2.73. The minimum atomic E-state index is -0.169. The van der Waals surface area contributed by atoms with Crippen LogP contribution in [0, 0.1) is 40.4 Å². The van der Waals surface area contributed by atoms with E-state index in [1.54, 1.807) is 0 Å². The quantitative estimate of drug-likeness (QED) is 0.613. The third-order valence-corrected chi connectivity index (χ3v) is 9.64. The highest BCUT2D eigenvalue weighted by molar-refractivity contribution is 5.92. The van der Waals surface area contributed by atoms with Crippen LogP contribution in [0.3, 0.4) is 0 Å². The molecule has 0 aromatic carbocycles. The summed E-state index contributed by atoms with van der Waals surface area (Å²) in [5, 5.41) is 0. The smallest absolute Gasteiger partial charge is 0.306 e.